The van der Waals surface area contributed by atoms with E-state index in [1.165, 1.54) is 24.3 Å². The number of nitriles is 1. The minimum Gasteiger partial charge on any atom is -0.381 e. The first-order valence-corrected chi connectivity index (χ1v) is 9.33. The van der Waals surface area contributed by atoms with Crippen LogP contribution in [0.3, 0.4) is 0 Å². The second-order valence-corrected chi connectivity index (χ2v) is 7.86. The van der Waals surface area contributed by atoms with E-state index in [4.69, 9.17) is 10.00 Å². The van der Waals surface area contributed by atoms with Crippen LogP contribution < -0.4 is 5.32 Å². The summed E-state index contributed by atoms with van der Waals surface area (Å²) in [5.74, 6) is 2.43. The third kappa shape index (κ3) is 3.56. The van der Waals surface area contributed by atoms with Crippen LogP contribution in [0.25, 0.3) is 0 Å². The number of halogens is 1. The molecule has 1 aromatic rings. The number of hydrogen-bond donors (Lipinski definition) is 1. The summed E-state index contributed by atoms with van der Waals surface area (Å²) in [5.41, 5.74) is 1.85. The first kappa shape index (κ1) is 15.2. The van der Waals surface area contributed by atoms with Crippen molar-refractivity contribution in [3.63, 3.8) is 0 Å². The largest absolute Gasteiger partial charge is 0.381 e. The Hall–Kier alpha value is -0.700. The minimum absolute atomic E-state index is 0.0975. The van der Waals surface area contributed by atoms with Crippen molar-refractivity contribution in [3.05, 3.63) is 28.2 Å². The second-order valence-electron chi connectivity index (χ2n) is 5.78. The molecule has 0 aliphatic carbocycles. The molecular formula is C16H19BrN2OS. The van der Waals surface area contributed by atoms with Gasteiger partial charge in [-0.1, -0.05) is 0 Å². The van der Waals surface area contributed by atoms with Gasteiger partial charge in [0, 0.05) is 22.8 Å². The van der Waals surface area contributed by atoms with Crippen LogP contribution in [0.1, 0.15) is 31.2 Å². The predicted octanol–water partition coefficient (Wildman–Crippen LogP) is 4.18. The highest BCUT2D eigenvalue weighted by Gasteiger charge is 2.38. The summed E-state index contributed by atoms with van der Waals surface area (Å²) in [4.78, 5) is 0. The van der Waals surface area contributed by atoms with Gasteiger partial charge >= 0.3 is 0 Å². The summed E-state index contributed by atoms with van der Waals surface area (Å²) in [6, 6.07) is 8.33. The molecule has 2 saturated heterocycles. The molecule has 5 heteroatoms. The summed E-state index contributed by atoms with van der Waals surface area (Å²) in [7, 11) is 0. The van der Waals surface area contributed by atoms with Gasteiger partial charge in [0.05, 0.1) is 17.2 Å². The number of anilines is 1. The highest BCUT2D eigenvalue weighted by atomic mass is 79.9. The Morgan fingerprint density at radius 3 is 2.90 bits per heavy atom. The van der Waals surface area contributed by atoms with Crippen molar-refractivity contribution in [2.24, 2.45) is 0 Å². The highest BCUT2D eigenvalue weighted by Crippen LogP contribution is 2.38. The van der Waals surface area contributed by atoms with E-state index in [0.29, 0.717) is 11.6 Å². The molecule has 1 N–H and O–H groups in total. The van der Waals surface area contributed by atoms with E-state index in [1.54, 1.807) is 0 Å². The van der Waals surface area contributed by atoms with Crippen molar-refractivity contribution >= 4 is 33.4 Å². The summed E-state index contributed by atoms with van der Waals surface area (Å²) in [5, 5.41) is 12.6. The highest BCUT2D eigenvalue weighted by molar-refractivity contribution is 9.10. The van der Waals surface area contributed by atoms with Gasteiger partial charge in [0.25, 0.3) is 0 Å². The molecule has 2 fully saturated rings. The fourth-order valence-corrected chi connectivity index (χ4v) is 4.89. The zero-order valence-electron chi connectivity index (χ0n) is 11.9. The lowest BCUT2D eigenvalue weighted by Crippen LogP contribution is -2.46. The van der Waals surface area contributed by atoms with Crippen LogP contribution in [-0.2, 0) is 4.74 Å². The Morgan fingerprint density at radius 2 is 2.19 bits per heavy atom. The maximum atomic E-state index is 8.93. The van der Waals surface area contributed by atoms with Crippen molar-refractivity contribution in [2.45, 2.75) is 37.3 Å². The van der Waals surface area contributed by atoms with Crippen molar-refractivity contribution < 1.29 is 4.74 Å². The Balaban J connectivity index is 1.68. The first-order chi connectivity index (χ1) is 10.2. The van der Waals surface area contributed by atoms with Gasteiger partial charge in [-0.3, -0.25) is 0 Å². The average molecular weight is 367 g/mol. The Labute approximate surface area is 138 Å². The summed E-state index contributed by atoms with van der Waals surface area (Å²) >= 11 is 5.59. The van der Waals surface area contributed by atoms with Crippen molar-refractivity contribution in [1.29, 1.82) is 5.26 Å². The van der Waals surface area contributed by atoms with Crippen LogP contribution in [0.4, 0.5) is 5.69 Å². The average Bonchev–Trinajstić information content (AvgIpc) is 2.50. The lowest BCUT2D eigenvalue weighted by atomic mass is 9.85. The summed E-state index contributed by atoms with van der Waals surface area (Å²) in [6.07, 6.45) is 4.47. The quantitative estimate of drug-likeness (QED) is 0.852. The molecule has 2 aliphatic heterocycles. The minimum atomic E-state index is 0.0975. The van der Waals surface area contributed by atoms with Crippen LogP contribution in [0.5, 0.6) is 0 Å². The van der Waals surface area contributed by atoms with Crippen molar-refractivity contribution in [2.75, 3.05) is 23.4 Å². The fraction of sp³-hybridized carbons (Fsp3) is 0.562. The van der Waals surface area contributed by atoms with Gasteiger partial charge in [-0.05, 0) is 71.3 Å². The molecule has 0 amide bonds. The van der Waals surface area contributed by atoms with Crippen molar-refractivity contribution in [3.8, 4) is 6.07 Å². The number of rotatable bonds is 2. The zero-order chi connectivity index (χ0) is 14.7. The van der Waals surface area contributed by atoms with E-state index in [0.717, 1.165) is 29.6 Å². The molecule has 0 saturated carbocycles. The molecule has 0 radical (unpaired) electrons. The number of ether oxygens (including phenoxy) is 1. The molecule has 2 heterocycles. The molecule has 1 aromatic carbocycles. The molecule has 3 nitrogen and oxygen atoms in total. The monoisotopic (exact) mass is 366 g/mol. The van der Waals surface area contributed by atoms with Gasteiger partial charge in [-0.25, -0.2) is 0 Å². The lowest BCUT2D eigenvalue weighted by molar-refractivity contribution is -0.0865. The van der Waals surface area contributed by atoms with Gasteiger partial charge in [-0.15, -0.1) is 0 Å². The van der Waals surface area contributed by atoms with Crippen LogP contribution in [0.15, 0.2) is 22.7 Å². The van der Waals surface area contributed by atoms with E-state index in [-0.39, 0.29) is 5.60 Å². The van der Waals surface area contributed by atoms with Crippen LogP contribution in [0, 0.1) is 11.3 Å². The van der Waals surface area contributed by atoms with Crippen LogP contribution in [0.2, 0.25) is 0 Å². The molecule has 112 valence electrons. The first-order valence-electron chi connectivity index (χ1n) is 7.39. The molecule has 0 bridgehead atoms. The molecule has 2 aliphatic rings. The maximum absolute atomic E-state index is 8.93. The van der Waals surface area contributed by atoms with E-state index in [9.17, 15) is 0 Å². The maximum Gasteiger partial charge on any atom is 0.0992 e. The van der Waals surface area contributed by atoms with Gasteiger partial charge in [0.2, 0.25) is 0 Å². The molecular weight excluding hydrogens is 348 g/mol. The molecule has 1 unspecified atom stereocenters. The molecule has 0 aromatic heterocycles. The summed E-state index contributed by atoms with van der Waals surface area (Å²) < 4.78 is 7.09. The standard InChI is InChI=1S/C16H19BrN2OS/c17-14-9-12(11-18)1-2-15(14)19-13-3-6-20-16(10-13)4-7-21-8-5-16/h1-2,9,13,19H,3-8,10H2. The second kappa shape index (κ2) is 6.60. The number of nitrogens with zero attached hydrogens (tertiary/aromatic N) is 1. The Bertz CT molecular complexity index is 546. The molecule has 21 heavy (non-hydrogen) atoms. The number of nitrogens with one attached hydrogen (secondary N) is 1. The van der Waals surface area contributed by atoms with Gasteiger partial charge < -0.3 is 10.1 Å². The fourth-order valence-electron chi connectivity index (χ4n) is 3.16. The third-order valence-corrected chi connectivity index (χ3v) is 6.00. The van der Waals surface area contributed by atoms with Gasteiger partial charge in [0.1, 0.15) is 0 Å². The van der Waals surface area contributed by atoms with E-state index >= 15 is 0 Å². The van der Waals surface area contributed by atoms with E-state index in [1.807, 2.05) is 30.0 Å². The Morgan fingerprint density at radius 1 is 1.38 bits per heavy atom. The van der Waals surface area contributed by atoms with Crippen LogP contribution in [-0.4, -0.2) is 29.8 Å². The van der Waals surface area contributed by atoms with Crippen LogP contribution >= 0.6 is 27.7 Å². The number of thioether (sulfide) groups is 1. The molecule has 3 rings (SSSR count). The number of hydrogen-bond acceptors (Lipinski definition) is 4. The smallest absolute Gasteiger partial charge is 0.0992 e. The van der Waals surface area contributed by atoms with E-state index in [2.05, 4.69) is 27.3 Å². The Kier molecular flexibility index (Phi) is 4.78. The topological polar surface area (TPSA) is 45.0 Å². The van der Waals surface area contributed by atoms with E-state index < -0.39 is 0 Å². The normalized spacial score (nSPS) is 24.5. The molecule has 1 atom stereocenters. The third-order valence-electron chi connectivity index (χ3n) is 4.35. The molecule has 1 spiro atoms. The van der Waals surface area contributed by atoms with Crippen molar-refractivity contribution in [1.82, 2.24) is 0 Å². The summed E-state index contributed by atoms with van der Waals surface area (Å²) in [6.45, 7) is 0.843. The lowest BCUT2D eigenvalue weighted by Gasteiger charge is -2.43. The zero-order valence-corrected chi connectivity index (χ0v) is 14.3. The van der Waals surface area contributed by atoms with Gasteiger partial charge in [0.15, 0.2) is 0 Å². The predicted molar refractivity (Wildman–Crippen MR) is 90.7 cm³/mol. The number of benzene rings is 1. The SMILES string of the molecule is N#Cc1ccc(NC2CCOC3(CCSCC3)C2)c(Br)c1. The van der Waals surface area contributed by atoms with Gasteiger partial charge in [-0.2, -0.15) is 17.0 Å².